The van der Waals surface area contributed by atoms with Crippen LogP contribution in [0.5, 0.6) is 5.75 Å². The number of aryl methyl sites for hydroxylation is 1. The zero-order chi connectivity index (χ0) is 13.4. The van der Waals surface area contributed by atoms with Crippen molar-refractivity contribution in [2.24, 2.45) is 7.05 Å². The Balaban J connectivity index is 2.54. The average Bonchev–Trinajstić information content (AvgIpc) is 2.59. The quantitative estimate of drug-likeness (QED) is 0.702. The first-order valence-electron chi connectivity index (χ1n) is 6.36. The van der Waals surface area contributed by atoms with E-state index in [0.717, 1.165) is 22.0 Å². The van der Waals surface area contributed by atoms with Gasteiger partial charge in [0, 0.05) is 23.3 Å². The average molecular weight is 253 g/mol. The van der Waals surface area contributed by atoms with Gasteiger partial charge in [-0.1, -0.05) is 18.2 Å². The second-order valence-corrected chi connectivity index (χ2v) is 4.52. The Kier molecular flexibility index (Phi) is 2.75. The van der Waals surface area contributed by atoms with Crippen molar-refractivity contribution in [2.45, 2.75) is 6.92 Å². The van der Waals surface area contributed by atoms with Gasteiger partial charge in [0.05, 0.1) is 12.1 Å². The van der Waals surface area contributed by atoms with Gasteiger partial charge in [-0.2, -0.15) is 0 Å². The molecule has 0 aliphatic rings. The summed E-state index contributed by atoms with van der Waals surface area (Å²) in [5.41, 5.74) is 1.79. The van der Waals surface area contributed by atoms with Crippen LogP contribution in [0.2, 0.25) is 0 Å². The molecule has 0 N–H and O–H groups in total. The second kappa shape index (κ2) is 4.43. The Labute approximate surface area is 111 Å². The molecule has 1 aromatic heterocycles. The molecular weight excluding hydrogens is 238 g/mol. The van der Waals surface area contributed by atoms with Gasteiger partial charge in [0.25, 0.3) is 0 Å². The molecule has 0 saturated heterocycles. The van der Waals surface area contributed by atoms with Crippen LogP contribution in [0.1, 0.15) is 6.92 Å². The van der Waals surface area contributed by atoms with Gasteiger partial charge in [-0.25, -0.2) is 0 Å². The Morgan fingerprint density at radius 1 is 1.11 bits per heavy atom. The molecule has 96 valence electrons. The molecule has 19 heavy (non-hydrogen) atoms. The summed E-state index contributed by atoms with van der Waals surface area (Å²) in [4.78, 5) is 12.2. The van der Waals surface area contributed by atoms with Crippen LogP contribution >= 0.6 is 0 Å². The highest BCUT2D eigenvalue weighted by Gasteiger charge is 2.10. The highest BCUT2D eigenvalue weighted by Crippen LogP contribution is 2.27. The topological polar surface area (TPSA) is 31.2 Å². The maximum Gasteiger partial charge on any atom is 0.202 e. The van der Waals surface area contributed by atoms with Crippen LogP contribution < -0.4 is 10.2 Å². The summed E-state index contributed by atoms with van der Waals surface area (Å²) in [7, 11) is 1.92. The first-order valence-corrected chi connectivity index (χ1v) is 6.36. The molecule has 0 fully saturated rings. The zero-order valence-electron chi connectivity index (χ0n) is 11.0. The largest absolute Gasteiger partial charge is 0.494 e. The molecule has 3 heteroatoms. The molecule has 0 aliphatic carbocycles. The summed E-state index contributed by atoms with van der Waals surface area (Å²) in [6.45, 7) is 2.52. The van der Waals surface area contributed by atoms with Gasteiger partial charge < -0.3 is 9.30 Å². The molecule has 0 amide bonds. The van der Waals surface area contributed by atoms with Crippen LogP contribution in [0.25, 0.3) is 21.8 Å². The van der Waals surface area contributed by atoms with Crippen LogP contribution in [0.15, 0.2) is 47.3 Å². The van der Waals surface area contributed by atoms with Crippen LogP contribution in [0, 0.1) is 0 Å². The SMILES string of the molecule is CCOc1ccc(=O)c2c(c1)c1ccccc1n2C. The molecule has 3 aromatic rings. The van der Waals surface area contributed by atoms with Gasteiger partial charge in [-0.3, -0.25) is 4.79 Å². The van der Waals surface area contributed by atoms with Crippen molar-refractivity contribution in [2.75, 3.05) is 6.61 Å². The fraction of sp³-hybridized carbons (Fsp3) is 0.188. The molecular formula is C16H15NO2. The lowest BCUT2D eigenvalue weighted by Crippen LogP contribution is -2.00. The molecule has 0 bridgehead atoms. The van der Waals surface area contributed by atoms with E-state index < -0.39 is 0 Å². The first-order chi connectivity index (χ1) is 9.22. The molecule has 0 atom stereocenters. The van der Waals surface area contributed by atoms with Crippen LogP contribution in [-0.4, -0.2) is 11.2 Å². The summed E-state index contributed by atoms with van der Waals surface area (Å²) in [5, 5.41) is 2.02. The number of hydrogen-bond donors (Lipinski definition) is 0. The fourth-order valence-electron chi connectivity index (χ4n) is 2.55. The number of hydrogen-bond acceptors (Lipinski definition) is 2. The van der Waals surface area contributed by atoms with Crippen molar-refractivity contribution < 1.29 is 4.74 Å². The van der Waals surface area contributed by atoms with Gasteiger partial charge in [0.2, 0.25) is 5.43 Å². The standard InChI is InChI=1S/C16H15NO2/c1-3-19-11-8-9-15(18)16-13(10-11)12-6-4-5-7-14(12)17(16)2/h4-10H,3H2,1-2H3. The molecule has 3 nitrogen and oxygen atoms in total. The molecule has 0 spiro atoms. The second-order valence-electron chi connectivity index (χ2n) is 4.52. The van der Waals surface area contributed by atoms with E-state index in [1.165, 1.54) is 0 Å². The third-order valence-electron chi connectivity index (χ3n) is 3.38. The van der Waals surface area contributed by atoms with Gasteiger partial charge in [0.1, 0.15) is 5.75 Å². The molecule has 0 unspecified atom stereocenters. The number of benzene rings is 1. The summed E-state index contributed by atoms with van der Waals surface area (Å²) in [6.07, 6.45) is 0. The van der Waals surface area contributed by atoms with E-state index in [2.05, 4.69) is 0 Å². The summed E-state index contributed by atoms with van der Waals surface area (Å²) in [6, 6.07) is 13.3. The molecule has 2 aromatic carbocycles. The number of rotatable bonds is 2. The van der Waals surface area contributed by atoms with E-state index in [0.29, 0.717) is 12.1 Å². The number of para-hydroxylation sites is 1. The van der Waals surface area contributed by atoms with Crippen LogP contribution in [0.3, 0.4) is 0 Å². The zero-order valence-corrected chi connectivity index (χ0v) is 11.0. The predicted molar refractivity (Wildman–Crippen MR) is 77.9 cm³/mol. The molecule has 0 saturated carbocycles. The number of ether oxygens (including phenoxy) is 1. The fourth-order valence-corrected chi connectivity index (χ4v) is 2.55. The number of aromatic nitrogens is 1. The monoisotopic (exact) mass is 253 g/mol. The Hall–Kier alpha value is -2.29. The highest BCUT2D eigenvalue weighted by atomic mass is 16.5. The molecule has 1 heterocycles. The van der Waals surface area contributed by atoms with Gasteiger partial charge in [-0.05, 0) is 31.2 Å². The Bertz CT molecular complexity index is 818. The third-order valence-corrected chi connectivity index (χ3v) is 3.38. The molecule has 0 radical (unpaired) electrons. The van der Waals surface area contributed by atoms with E-state index in [-0.39, 0.29) is 5.43 Å². The Morgan fingerprint density at radius 3 is 2.68 bits per heavy atom. The van der Waals surface area contributed by atoms with Crippen molar-refractivity contribution >= 4 is 21.8 Å². The highest BCUT2D eigenvalue weighted by molar-refractivity contribution is 6.07. The maximum absolute atomic E-state index is 12.2. The van der Waals surface area contributed by atoms with E-state index in [1.54, 1.807) is 12.1 Å². The van der Waals surface area contributed by atoms with Crippen molar-refractivity contribution in [1.82, 2.24) is 4.57 Å². The minimum Gasteiger partial charge on any atom is -0.494 e. The summed E-state index contributed by atoms with van der Waals surface area (Å²) in [5.74, 6) is 0.728. The van der Waals surface area contributed by atoms with E-state index >= 15 is 0 Å². The van der Waals surface area contributed by atoms with Gasteiger partial charge >= 0.3 is 0 Å². The maximum atomic E-state index is 12.2. The molecule has 3 rings (SSSR count). The van der Waals surface area contributed by atoms with E-state index in [1.807, 2.05) is 48.9 Å². The lowest BCUT2D eigenvalue weighted by Gasteiger charge is -1.98. The summed E-state index contributed by atoms with van der Waals surface area (Å²) >= 11 is 0. The van der Waals surface area contributed by atoms with E-state index in [4.69, 9.17) is 4.74 Å². The lowest BCUT2D eigenvalue weighted by atomic mass is 10.2. The number of nitrogens with zero attached hydrogens (tertiary/aromatic N) is 1. The minimum absolute atomic E-state index is 0.0136. The van der Waals surface area contributed by atoms with Crippen molar-refractivity contribution in [3.8, 4) is 5.75 Å². The van der Waals surface area contributed by atoms with E-state index in [9.17, 15) is 4.79 Å². The number of fused-ring (bicyclic) bond motifs is 3. The van der Waals surface area contributed by atoms with Crippen molar-refractivity contribution in [1.29, 1.82) is 0 Å². The van der Waals surface area contributed by atoms with Gasteiger partial charge in [-0.15, -0.1) is 0 Å². The molecule has 0 aliphatic heterocycles. The smallest absolute Gasteiger partial charge is 0.202 e. The minimum atomic E-state index is 0.0136. The first kappa shape index (κ1) is 11.8. The third kappa shape index (κ3) is 1.78. The van der Waals surface area contributed by atoms with Crippen LogP contribution in [0.4, 0.5) is 0 Å². The van der Waals surface area contributed by atoms with Crippen molar-refractivity contribution in [3.63, 3.8) is 0 Å². The van der Waals surface area contributed by atoms with Gasteiger partial charge in [0.15, 0.2) is 0 Å². The lowest BCUT2D eigenvalue weighted by molar-refractivity contribution is 0.341. The van der Waals surface area contributed by atoms with Crippen molar-refractivity contribution in [3.05, 3.63) is 52.7 Å². The predicted octanol–water partition coefficient (Wildman–Crippen LogP) is 3.09. The summed E-state index contributed by atoms with van der Waals surface area (Å²) < 4.78 is 7.49. The normalized spacial score (nSPS) is 11.1. The Morgan fingerprint density at radius 2 is 1.89 bits per heavy atom. The van der Waals surface area contributed by atoms with Crippen LogP contribution in [-0.2, 0) is 7.05 Å².